The van der Waals surface area contributed by atoms with Crippen LogP contribution in [0.4, 0.5) is 24.5 Å². The summed E-state index contributed by atoms with van der Waals surface area (Å²) in [6.07, 6.45) is 7.98. The van der Waals surface area contributed by atoms with Crippen LogP contribution in [-0.4, -0.2) is 114 Å². The molecule has 1 N–H and O–H groups in total. The first-order valence-corrected chi connectivity index (χ1v) is 23.6. The molecule has 2 atom stereocenters. The van der Waals surface area contributed by atoms with Crippen LogP contribution >= 0.6 is 23.2 Å². The van der Waals surface area contributed by atoms with Crippen molar-refractivity contribution in [3.05, 3.63) is 93.4 Å². The third-order valence-electron chi connectivity index (χ3n) is 14.0. The number of likely N-dealkylation sites (tertiary alicyclic amines) is 1. The Morgan fingerprint density at radius 2 is 1.69 bits per heavy atom. The summed E-state index contributed by atoms with van der Waals surface area (Å²) in [6, 6.07) is 7.12. The number of rotatable bonds is 13. The average molecular weight is 961 g/mol. The Hall–Kier alpha value is -5.71. The summed E-state index contributed by atoms with van der Waals surface area (Å²) in [5.74, 6) is -3.72. The van der Waals surface area contributed by atoms with Gasteiger partial charge >= 0.3 is 0 Å². The highest BCUT2D eigenvalue weighted by molar-refractivity contribution is 6.41. The van der Waals surface area contributed by atoms with Crippen molar-refractivity contribution in [2.75, 3.05) is 62.7 Å². The van der Waals surface area contributed by atoms with E-state index in [9.17, 15) is 28.4 Å². The maximum Gasteiger partial charge on any atom is 0.264 e. The standard InChI is InChI=1S/C49H50Cl2F3N7O6/c1-27(50)47(64)59-18-19-60-38(26-59)49(66)57(2)37-24-55-44-32(45(37)60)23-34(51)41(43(44)54)42-35(53)9-8-10-39(42)67-20-7-5-3-4-6-15-58-16-13-28(14-17-58)30-21-29(52)22-31-33(30)25-61(48(31)65)36-11-12-40(62)56-46(36)63/h8-10,21-24,28,36,38H,1,3-7,11-20,25-26H2,2H3,(H,56,62,63). The third-order valence-corrected chi connectivity index (χ3v) is 14.4. The van der Waals surface area contributed by atoms with E-state index >= 15 is 8.78 Å². The number of unbranched alkanes of at least 4 members (excludes halogenated alkanes) is 4. The number of hydrogen-bond donors (Lipinski definition) is 1. The van der Waals surface area contributed by atoms with Gasteiger partial charge in [0.1, 0.15) is 35.0 Å². The Bertz CT molecular complexity index is 2720. The molecule has 5 aliphatic heterocycles. The van der Waals surface area contributed by atoms with Crippen LogP contribution in [0.3, 0.4) is 0 Å². The molecule has 2 unspecified atom stereocenters. The fourth-order valence-corrected chi connectivity index (χ4v) is 10.9. The number of ether oxygens (including phenoxy) is 1. The van der Waals surface area contributed by atoms with Crippen molar-refractivity contribution in [1.82, 2.24) is 25.0 Å². The number of hydrogen-bond acceptors (Lipinski definition) is 9. The molecule has 6 heterocycles. The van der Waals surface area contributed by atoms with Gasteiger partial charge in [0.05, 0.1) is 46.3 Å². The van der Waals surface area contributed by atoms with E-state index in [-0.39, 0.29) is 102 Å². The molecule has 4 aromatic rings. The smallest absolute Gasteiger partial charge is 0.264 e. The monoisotopic (exact) mass is 959 g/mol. The highest BCUT2D eigenvalue weighted by Gasteiger charge is 2.44. The summed E-state index contributed by atoms with van der Waals surface area (Å²) in [4.78, 5) is 76.7. The van der Waals surface area contributed by atoms with Gasteiger partial charge in [-0.25, -0.2) is 13.2 Å². The number of piperidine rings is 2. The summed E-state index contributed by atoms with van der Waals surface area (Å²) in [5, 5.41) is 2.44. The van der Waals surface area contributed by atoms with Crippen molar-refractivity contribution in [2.45, 2.75) is 82.3 Å². The van der Waals surface area contributed by atoms with E-state index in [1.54, 1.807) is 13.1 Å². The van der Waals surface area contributed by atoms with E-state index < -0.39 is 41.3 Å². The molecule has 67 heavy (non-hydrogen) atoms. The number of anilines is 2. The molecule has 9 rings (SSSR count). The van der Waals surface area contributed by atoms with Gasteiger partial charge < -0.3 is 29.2 Å². The molecule has 0 bridgehead atoms. The lowest BCUT2D eigenvalue weighted by Crippen LogP contribution is -2.63. The van der Waals surface area contributed by atoms with Gasteiger partial charge in [0, 0.05) is 49.6 Å². The average Bonchev–Trinajstić information content (AvgIpc) is 3.63. The number of aromatic nitrogens is 1. The first-order chi connectivity index (χ1) is 32.2. The molecule has 0 aliphatic carbocycles. The number of carbonyl (C=O) groups excluding carboxylic acids is 5. The zero-order valence-corrected chi connectivity index (χ0v) is 38.5. The molecule has 0 radical (unpaired) electrons. The largest absolute Gasteiger partial charge is 0.493 e. The summed E-state index contributed by atoms with van der Waals surface area (Å²) in [7, 11) is 1.59. The minimum Gasteiger partial charge on any atom is -0.493 e. The number of carbonyl (C=O) groups is 5. The molecule has 3 aromatic carbocycles. The molecule has 13 nitrogen and oxygen atoms in total. The Morgan fingerprint density at radius 3 is 2.45 bits per heavy atom. The number of likely N-dealkylation sites (N-methyl/N-ethyl adjacent to an activating group) is 1. The van der Waals surface area contributed by atoms with Crippen molar-refractivity contribution in [2.24, 2.45) is 0 Å². The second kappa shape index (κ2) is 19.1. The number of imide groups is 1. The normalized spacial score (nSPS) is 20.0. The van der Waals surface area contributed by atoms with E-state index in [4.69, 9.17) is 27.9 Å². The van der Waals surface area contributed by atoms with Crippen LogP contribution in [-0.2, 0) is 25.7 Å². The second-order valence-corrected chi connectivity index (χ2v) is 18.8. The minimum atomic E-state index is -0.833. The van der Waals surface area contributed by atoms with Gasteiger partial charge in [-0.1, -0.05) is 55.1 Å². The molecule has 3 fully saturated rings. The Kier molecular flexibility index (Phi) is 13.2. The lowest BCUT2D eigenvalue weighted by Gasteiger charge is -2.47. The van der Waals surface area contributed by atoms with Crippen LogP contribution < -0.4 is 19.9 Å². The zero-order valence-electron chi connectivity index (χ0n) is 37.0. The van der Waals surface area contributed by atoms with E-state index in [2.05, 4.69) is 21.8 Å². The molecule has 18 heteroatoms. The van der Waals surface area contributed by atoms with Gasteiger partial charge in [-0.3, -0.25) is 34.3 Å². The van der Waals surface area contributed by atoms with Crippen LogP contribution in [0.2, 0.25) is 5.02 Å². The summed E-state index contributed by atoms with van der Waals surface area (Å²) in [5.41, 5.74) is 2.54. The van der Waals surface area contributed by atoms with Crippen LogP contribution in [0.15, 0.2) is 54.2 Å². The predicted molar refractivity (Wildman–Crippen MR) is 248 cm³/mol. The van der Waals surface area contributed by atoms with Crippen LogP contribution in [0.25, 0.3) is 22.0 Å². The fraction of sp³-hybridized carbons (Fsp3) is 0.429. The molecule has 5 aliphatic rings. The summed E-state index contributed by atoms with van der Waals surface area (Å²) >= 11 is 12.7. The highest BCUT2D eigenvalue weighted by Crippen LogP contribution is 2.47. The lowest BCUT2D eigenvalue weighted by molar-refractivity contribution is -0.137. The van der Waals surface area contributed by atoms with Crippen LogP contribution in [0.5, 0.6) is 5.75 Å². The Morgan fingerprint density at radius 1 is 0.925 bits per heavy atom. The lowest BCUT2D eigenvalue weighted by atomic mass is 9.85. The molecule has 5 amide bonds. The summed E-state index contributed by atoms with van der Waals surface area (Å²) in [6.45, 7) is 7.19. The number of fused-ring (bicyclic) bond motifs is 6. The van der Waals surface area contributed by atoms with E-state index in [0.29, 0.717) is 28.7 Å². The molecule has 0 spiro atoms. The molecule has 352 valence electrons. The van der Waals surface area contributed by atoms with Crippen molar-refractivity contribution >= 4 is 75.0 Å². The third kappa shape index (κ3) is 8.83. The van der Waals surface area contributed by atoms with Crippen molar-refractivity contribution in [3.8, 4) is 16.9 Å². The van der Waals surface area contributed by atoms with E-state index in [0.717, 1.165) is 69.3 Å². The minimum absolute atomic E-state index is 0.0490. The number of nitrogens with zero attached hydrogens (tertiary/aromatic N) is 6. The van der Waals surface area contributed by atoms with Gasteiger partial charge in [-0.15, -0.1) is 0 Å². The van der Waals surface area contributed by atoms with Crippen molar-refractivity contribution in [1.29, 1.82) is 0 Å². The number of piperazine rings is 1. The number of nitrogens with one attached hydrogen (secondary N) is 1. The molecular weight excluding hydrogens is 910 g/mol. The number of halogens is 5. The van der Waals surface area contributed by atoms with Gasteiger partial charge in [0.2, 0.25) is 11.8 Å². The van der Waals surface area contributed by atoms with E-state index in [1.165, 1.54) is 51.2 Å². The van der Waals surface area contributed by atoms with E-state index in [1.807, 2.05) is 4.90 Å². The summed E-state index contributed by atoms with van der Waals surface area (Å²) < 4.78 is 53.5. The predicted octanol–water partition coefficient (Wildman–Crippen LogP) is 7.69. The van der Waals surface area contributed by atoms with Gasteiger partial charge in [0.15, 0.2) is 5.82 Å². The van der Waals surface area contributed by atoms with Crippen LogP contribution in [0.1, 0.15) is 85.2 Å². The molecule has 1 aromatic heterocycles. The number of pyridine rings is 1. The molecular formula is C49H50Cl2F3N7O6. The number of amides is 5. The maximum absolute atomic E-state index is 16.8. The molecule has 3 saturated heterocycles. The second-order valence-electron chi connectivity index (χ2n) is 18.0. The maximum atomic E-state index is 16.8. The quantitative estimate of drug-likeness (QED) is 0.0814. The van der Waals surface area contributed by atoms with Crippen molar-refractivity contribution in [3.63, 3.8) is 0 Å². The van der Waals surface area contributed by atoms with Gasteiger partial charge in [-0.05, 0) is 99.1 Å². The van der Waals surface area contributed by atoms with Gasteiger partial charge in [-0.2, -0.15) is 0 Å². The molecule has 0 saturated carbocycles. The van der Waals surface area contributed by atoms with Gasteiger partial charge in [0.25, 0.3) is 17.7 Å². The highest BCUT2D eigenvalue weighted by atomic mass is 35.5. The van der Waals surface area contributed by atoms with Crippen molar-refractivity contribution < 1.29 is 41.9 Å². The Balaban J connectivity index is 0.774. The SMILES string of the molecule is C=C(Cl)C(=O)N1CCN2c3c(cnc4c(F)c(-c5c(F)cccc5OCCCCCCCN5CCC(c6cc(F)cc7c6CN(C6CCC(=O)NC6=O)C7=O)CC5)c(Cl)cc34)N(C)C(=O)C2C1. The number of benzene rings is 3. The van der Waals surface area contributed by atoms with Crippen LogP contribution in [0, 0.1) is 17.5 Å². The Labute approximate surface area is 395 Å². The fourth-order valence-electron chi connectivity index (χ4n) is 10.5. The first kappa shape index (κ1) is 46.4. The zero-order chi connectivity index (χ0) is 47.3. The first-order valence-electron chi connectivity index (χ1n) is 22.8. The topological polar surface area (TPSA) is 136 Å².